The smallest absolute Gasteiger partial charge is 0.324 e. The van der Waals surface area contributed by atoms with E-state index in [2.05, 4.69) is 29.8 Å². The maximum Gasteiger partial charge on any atom is 0.324 e. The molecule has 3 rings (SSSR count). The number of aromatic nitrogens is 5. The number of rotatable bonds is 4. The molecule has 0 spiro atoms. The van der Waals surface area contributed by atoms with Gasteiger partial charge < -0.3 is 14.4 Å². The van der Waals surface area contributed by atoms with Gasteiger partial charge in [-0.15, -0.1) is 4.98 Å². The van der Waals surface area contributed by atoms with Gasteiger partial charge in [-0.3, -0.25) is 0 Å². The first kappa shape index (κ1) is 14.4. The van der Waals surface area contributed by atoms with Crippen LogP contribution >= 0.6 is 0 Å². The first-order valence-electron chi connectivity index (χ1n) is 7.15. The number of piperidine rings is 1. The molecule has 2 aromatic heterocycles. The van der Waals surface area contributed by atoms with Crippen LogP contribution in [0.4, 0.5) is 5.95 Å². The highest BCUT2D eigenvalue weighted by molar-refractivity contribution is 5.34. The second-order valence-corrected chi connectivity index (χ2v) is 5.03. The minimum atomic E-state index is 0.256. The van der Waals surface area contributed by atoms with Crippen LogP contribution in [0.2, 0.25) is 0 Å². The van der Waals surface area contributed by atoms with E-state index < -0.39 is 0 Å². The van der Waals surface area contributed by atoms with Crippen molar-refractivity contribution < 1.29 is 9.47 Å². The Morgan fingerprint density at radius 1 is 1.14 bits per heavy atom. The summed E-state index contributed by atoms with van der Waals surface area (Å²) in [4.78, 5) is 23.1. The fourth-order valence-electron chi connectivity index (χ4n) is 2.59. The molecular weight excluding hydrogens is 284 g/mol. The zero-order chi connectivity index (χ0) is 15.4. The third-order valence-electron chi connectivity index (χ3n) is 3.68. The van der Waals surface area contributed by atoms with Gasteiger partial charge in [0.1, 0.15) is 6.33 Å². The molecule has 1 atom stereocenters. The minimum absolute atomic E-state index is 0.256. The van der Waals surface area contributed by atoms with Gasteiger partial charge in [-0.25, -0.2) is 9.97 Å². The molecule has 0 radical (unpaired) electrons. The Bertz CT molecular complexity index is 602. The van der Waals surface area contributed by atoms with Gasteiger partial charge in [-0.1, -0.05) is 0 Å². The summed E-state index contributed by atoms with van der Waals surface area (Å²) in [5, 5.41) is 0. The Morgan fingerprint density at radius 3 is 2.55 bits per heavy atom. The van der Waals surface area contributed by atoms with Crippen molar-refractivity contribution in [2.45, 2.75) is 18.8 Å². The maximum atomic E-state index is 5.11. The number of methoxy groups -OCH3 is 2. The van der Waals surface area contributed by atoms with Gasteiger partial charge in [-0.2, -0.15) is 9.97 Å². The maximum absolute atomic E-state index is 5.11. The van der Waals surface area contributed by atoms with Crippen molar-refractivity contribution in [1.29, 1.82) is 0 Å². The van der Waals surface area contributed by atoms with E-state index in [1.807, 2.05) is 6.07 Å². The molecule has 0 unspecified atom stereocenters. The number of anilines is 1. The Labute approximate surface area is 128 Å². The van der Waals surface area contributed by atoms with Crippen molar-refractivity contribution in [3.8, 4) is 12.0 Å². The van der Waals surface area contributed by atoms with Crippen molar-refractivity contribution in [3.63, 3.8) is 0 Å². The highest BCUT2D eigenvalue weighted by Gasteiger charge is 2.25. The van der Waals surface area contributed by atoms with Gasteiger partial charge in [0, 0.05) is 30.9 Å². The monoisotopic (exact) mass is 302 g/mol. The predicted molar refractivity (Wildman–Crippen MR) is 79.2 cm³/mol. The lowest BCUT2D eigenvalue weighted by atomic mass is 9.95. The van der Waals surface area contributed by atoms with Crippen LogP contribution in [0.15, 0.2) is 18.6 Å². The second kappa shape index (κ2) is 6.50. The molecule has 0 saturated carbocycles. The molecule has 0 aromatic carbocycles. The van der Waals surface area contributed by atoms with Crippen molar-refractivity contribution in [1.82, 2.24) is 24.9 Å². The van der Waals surface area contributed by atoms with Crippen molar-refractivity contribution in [2.24, 2.45) is 0 Å². The molecule has 3 heterocycles. The average molecular weight is 302 g/mol. The molecule has 0 N–H and O–H groups in total. The number of hydrogen-bond acceptors (Lipinski definition) is 8. The molecule has 8 heteroatoms. The molecule has 8 nitrogen and oxygen atoms in total. The molecule has 2 aromatic rings. The molecule has 1 fully saturated rings. The molecule has 116 valence electrons. The van der Waals surface area contributed by atoms with E-state index in [1.54, 1.807) is 12.5 Å². The quantitative estimate of drug-likeness (QED) is 0.828. The summed E-state index contributed by atoms with van der Waals surface area (Å²) in [6, 6.07) is 2.47. The van der Waals surface area contributed by atoms with E-state index in [9.17, 15) is 0 Å². The van der Waals surface area contributed by atoms with Gasteiger partial charge in [0.05, 0.1) is 14.2 Å². The molecule has 1 saturated heterocycles. The summed E-state index contributed by atoms with van der Waals surface area (Å²) in [7, 11) is 3.05. The van der Waals surface area contributed by atoms with E-state index in [-0.39, 0.29) is 12.0 Å². The van der Waals surface area contributed by atoms with E-state index in [0.29, 0.717) is 11.9 Å². The topological polar surface area (TPSA) is 86.2 Å². The Balaban J connectivity index is 1.82. The number of ether oxygens (including phenoxy) is 2. The zero-order valence-corrected chi connectivity index (χ0v) is 12.6. The van der Waals surface area contributed by atoms with Crippen LogP contribution < -0.4 is 14.4 Å². The molecule has 0 bridgehead atoms. The standard InChI is InChI=1S/C14H18N6O2/c1-21-13-17-12(18-14(19-13)22-2)20-7-3-4-10(8-20)11-5-6-15-9-16-11/h5-6,9-10H,3-4,7-8H2,1-2H3/t10-/m0/s1. The van der Waals surface area contributed by atoms with Crippen LogP contribution in [0.5, 0.6) is 12.0 Å². The molecule has 22 heavy (non-hydrogen) atoms. The van der Waals surface area contributed by atoms with Crippen LogP contribution in [0.25, 0.3) is 0 Å². The highest BCUT2D eigenvalue weighted by Crippen LogP contribution is 2.28. The van der Waals surface area contributed by atoms with E-state index in [1.165, 1.54) is 14.2 Å². The molecule has 1 aliphatic heterocycles. The summed E-state index contributed by atoms with van der Waals surface area (Å²) in [6.07, 6.45) is 5.50. The molecule has 0 amide bonds. The molecule has 1 aliphatic rings. The van der Waals surface area contributed by atoms with E-state index in [4.69, 9.17) is 9.47 Å². The van der Waals surface area contributed by atoms with Crippen LogP contribution in [-0.4, -0.2) is 52.2 Å². The first-order chi connectivity index (χ1) is 10.8. The third-order valence-corrected chi connectivity index (χ3v) is 3.68. The zero-order valence-electron chi connectivity index (χ0n) is 12.6. The van der Waals surface area contributed by atoms with Crippen LogP contribution in [0.1, 0.15) is 24.5 Å². The van der Waals surface area contributed by atoms with Gasteiger partial charge in [-0.05, 0) is 18.9 Å². The predicted octanol–water partition coefficient (Wildman–Crippen LogP) is 1.06. The third kappa shape index (κ3) is 3.05. The summed E-state index contributed by atoms with van der Waals surface area (Å²) < 4.78 is 10.2. The van der Waals surface area contributed by atoms with Crippen LogP contribution in [-0.2, 0) is 0 Å². The van der Waals surface area contributed by atoms with Gasteiger partial charge >= 0.3 is 12.0 Å². The van der Waals surface area contributed by atoms with Gasteiger partial charge in [0.2, 0.25) is 5.95 Å². The lowest BCUT2D eigenvalue weighted by Gasteiger charge is -2.32. The number of hydrogen-bond donors (Lipinski definition) is 0. The normalized spacial score (nSPS) is 18.1. The molecular formula is C14H18N6O2. The van der Waals surface area contributed by atoms with Crippen molar-refractivity contribution >= 4 is 5.95 Å². The fourth-order valence-corrected chi connectivity index (χ4v) is 2.59. The van der Waals surface area contributed by atoms with Gasteiger partial charge in [0.25, 0.3) is 0 Å². The first-order valence-corrected chi connectivity index (χ1v) is 7.15. The number of nitrogens with zero attached hydrogens (tertiary/aromatic N) is 6. The van der Waals surface area contributed by atoms with Crippen LogP contribution in [0.3, 0.4) is 0 Å². The van der Waals surface area contributed by atoms with Crippen LogP contribution in [0, 0.1) is 0 Å². The minimum Gasteiger partial charge on any atom is -0.467 e. The lowest BCUT2D eigenvalue weighted by molar-refractivity contribution is 0.338. The van der Waals surface area contributed by atoms with Crippen molar-refractivity contribution in [2.75, 3.05) is 32.2 Å². The Kier molecular flexibility index (Phi) is 4.27. The van der Waals surface area contributed by atoms with E-state index in [0.717, 1.165) is 31.6 Å². The largest absolute Gasteiger partial charge is 0.467 e. The van der Waals surface area contributed by atoms with E-state index >= 15 is 0 Å². The molecule has 0 aliphatic carbocycles. The second-order valence-electron chi connectivity index (χ2n) is 5.03. The SMILES string of the molecule is COc1nc(OC)nc(N2CCC[C@H](c3ccncn3)C2)n1. The lowest BCUT2D eigenvalue weighted by Crippen LogP contribution is -2.36. The Morgan fingerprint density at radius 2 is 1.91 bits per heavy atom. The Hall–Kier alpha value is -2.51. The van der Waals surface area contributed by atoms with Crippen molar-refractivity contribution in [3.05, 3.63) is 24.3 Å². The highest BCUT2D eigenvalue weighted by atomic mass is 16.5. The summed E-state index contributed by atoms with van der Waals surface area (Å²) in [6.45, 7) is 1.69. The summed E-state index contributed by atoms with van der Waals surface area (Å²) in [5.41, 5.74) is 1.05. The average Bonchev–Trinajstić information content (AvgIpc) is 2.62. The van der Waals surface area contributed by atoms with Gasteiger partial charge in [0.15, 0.2) is 0 Å². The summed E-state index contributed by atoms with van der Waals surface area (Å²) in [5.74, 6) is 0.910. The summed E-state index contributed by atoms with van der Waals surface area (Å²) >= 11 is 0. The fraction of sp³-hybridized carbons (Fsp3) is 0.500.